The van der Waals surface area contributed by atoms with Gasteiger partial charge in [0.15, 0.2) is 0 Å². The number of nitrogens with zero attached hydrogens (tertiary/aromatic N) is 1. The van der Waals surface area contributed by atoms with Crippen LogP contribution in [0, 0.1) is 6.92 Å². The molecular formula is C21H24N2O4S2. The van der Waals surface area contributed by atoms with E-state index in [1.54, 1.807) is 24.3 Å². The molecule has 0 spiro atoms. The minimum atomic E-state index is -3.88. The molecule has 0 fully saturated rings. The number of methoxy groups -OCH3 is 2. The SMILES string of the molecule is COc1ccc(OC)c(NS(=O)(=O)c2cc(-c3csc(C)n3)ccc2C(C)C)c1. The van der Waals surface area contributed by atoms with Gasteiger partial charge in [0.05, 0.1) is 35.5 Å². The number of rotatable bonds is 7. The highest BCUT2D eigenvalue weighted by Gasteiger charge is 2.23. The molecule has 0 aliphatic rings. The number of hydrogen-bond acceptors (Lipinski definition) is 6. The molecule has 0 bridgehead atoms. The minimum Gasteiger partial charge on any atom is -0.497 e. The summed E-state index contributed by atoms with van der Waals surface area (Å²) in [6, 6.07) is 10.4. The molecule has 29 heavy (non-hydrogen) atoms. The lowest BCUT2D eigenvalue weighted by atomic mass is 10.0. The minimum absolute atomic E-state index is 0.0278. The standard InChI is InChI=1S/C21H24N2O4S2/c1-13(2)17-8-6-15(19-12-28-14(3)22-19)10-21(17)29(24,25)23-18-11-16(26-4)7-9-20(18)27-5/h6-13,23H,1-5H3. The van der Waals surface area contributed by atoms with Gasteiger partial charge in [-0.2, -0.15) is 0 Å². The third-order valence-electron chi connectivity index (χ3n) is 4.49. The van der Waals surface area contributed by atoms with Gasteiger partial charge in [0.25, 0.3) is 10.0 Å². The molecule has 1 aromatic heterocycles. The molecule has 0 saturated carbocycles. The molecule has 0 radical (unpaired) electrons. The lowest BCUT2D eigenvalue weighted by Gasteiger charge is -2.17. The van der Waals surface area contributed by atoms with Crippen LogP contribution in [0.15, 0.2) is 46.7 Å². The third kappa shape index (κ3) is 4.54. The summed E-state index contributed by atoms with van der Waals surface area (Å²) in [4.78, 5) is 4.70. The van der Waals surface area contributed by atoms with Crippen LogP contribution in [-0.2, 0) is 10.0 Å². The van der Waals surface area contributed by atoms with Crippen LogP contribution in [0.5, 0.6) is 11.5 Å². The Kier molecular flexibility index (Phi) is 6.14. The van der Waals surface area contributed by atoms with Crippen LogP contribution in [0.3, 0.4) is 0 Å². The molecule has 2 aromatic carbocycles. The number of aromatic nitrogens is 1. The lowest BCUT2D eigenvalue weighted by Crippen LogP contribution is -2.16. The van der Waals surface area contributed by atoms with E-state index < -0.39 is 10.0 Å². The first-order valence-electron chi connectivity index (χ1n) is 9.06. The van der Waals surface area contributed by atoms with E-state index in [-0.39, 0.29) is 10.8 Å². The van der Waals surface area contributed by atoms with Crippen LogP contribution >= 0.6 is 11.3 Å². The molecule has 8 heteroatoms. The lowest BCUT2D eigenvalue weighted by molar-refractivity contribution is 0.405. The smallest absolute Gasteiger partial charge is 0.262 e. The Morgan fingerprint density at radius 2 is 1.83 bits per heavy atom. The van der Waals surface area contributed by atoms with Gasteiger partial charge in [-0.25, -0.2) is 13.4 Å². The van der Waals surface area contributed by atoms with E-state index in [0.717, 1.165) is 21.8 Å². The highest BCUT2D eigenvalue weighted by Crippen LogP contribution is 2.34. The fraction of sp³-hybridized carbons (Fsp3) is 0.286. The Bertz CT molecular complexity index is 1120. The molecule has 0 aliphatic carbocycles. The first-order chi connectivity index (χ1) is 13.7. The zero-order chi connectivity index (χ0) is 21.2. The van der Waals surface area contributed by atoms with Crippen molar-refractivity contribution in [2.75, 3.05) is 18.9 Å². The molecule has 3 rings (SSSR count). The van der Waals surface area contributed by atoms with Gasteiger partial charge < -0.3 is 9.47 Å². The number of hydrogen-bond donors (Lipinski definition) is 1. The number of anilines is 1. The van der Waals surface area contributed by atoms with E-state index in [0.29, 0.717) is 17.2 Å². The second kappa shape index (κ2) is 8.42. The van der Waals surface area contributed by atoms with Crippen LogP contribution in [0.4, 0.5) is 5.69 Å². The first kappa shape index (κ1) is 21.1. The molecule has 1 N–H and O–H groups in total. The molecule has 0 atom stereocenters. The van der Waals surface area contributed by atoms with Crippen molar-refractivity contribution in [3.8, 4) is 22.8 Å². The van der Waals surface area contributed by atoms with Gasteiger partial charge in [-0.3, -0.25) is 4.72 Å². The second-order valence-corrected chi connectivity index (χ2v) is 9.54. The van der Waals surface area contributed by atoms with Gasteiger partial charge in [-0.15, -0.1) is 11.3 Å². The average molecular weight is 433 g/mol. The van der Waals surface area contributed by atoms with E-state index in [4.69, 9.17) is 9.47 Å². The zero-order valence-electron chi connectivity index (χ0n) is 17.0. The van der Waals surface area contributed by atoms with Gasteiger partial charge in [-0.05, 0) is 36.6 Å². The monoisotopic (exact) mass is 432 g/mol. The highest BCUT2D eigenvalue weighted by atomic mass is 32.2. The second-order valence-electron chi connectivity index (χ2n) is 6.83. The van der Waals surface area contributed by atoms with Gasteiger partial charge in [0.2, 0.25) is 0 Å². The Labute approximate surface area is 175 Å². The zero-order valence-corrected chi connectivity index (χ0v) is 18.6. The predicted molar refractivity (Wildman–Crippen MR) is 117 cm³/mol. The van der Waals surface area contributed by atoms with Gasteiger partial charge >= 0.3 is 0 Å². The van der Waals surface area contributed by atoms with Crippen molar-refractivity contribution in [3.63, 3.8) is 0 Å². The van der Waals surface area contributed by atoms with E-state index in [1.807, 2.05) is 38.3 Å². The maximum Gasteiger partial charge on any atom is 0.262 e. The topological polar surface area (TPSA) is 77.5 Å². The third-order valence-corrected chi connectivity index (χ3v) is 6.69. The normalized spacial score (nSPS) is 11.5. The van der Waals surface area contributed by atoms with E-state index in [9.17, 15) is 8.42 Å². The van der Waals surface area contributed by atoms with Crippen molar-refractivity contribution in [1.82, 2.24) is 4.98 Å². The molecule has 0 saturated heterocycles. The first-order valence-corrected chi connectivity index (χ1v) is 11.4. The van der Waals surface area contributed by atoms with E-state index >= 15 is 0 Å². The number of sulfonamides is 1. The number of aryl methyl sites for hydroxylation is 1. The van der Waals surface area contributed by atoms with Crippen LogP contribution < -0.4 is 14.2 Å². The summed E-state index contributed by atoms with van der Waals surface area (Å²) in [6.07, 6.45) is 0. The summed E-state index contributed by atoms with van der Waals surface area (Å²) < 4.78 is 39.9. The van der Waals surface area contributed by atoms with E-state index in [1.165, 1.54) is 25.6 Å². The van der Waals surface area contributed by atoms with Crippen LogP contribution in [0.1, 0.15) is 30.3 Å². The quantitative estimate of drug-likeness (QED) is 0.565. The summed E-state index contributed by atoms with van der Waals surface area (Å²) in [5, 5.41) is 2.85. The Balaban J connectivity index is 2.10. The molecule has 0 amide bonds. The number of thiazole rings is 1. The average Bonchev–Trinajstić information content (AvgIpc) is 3.13. The maximum absolute atomic E-state index is 13.4. The largest absolute Gasteiger partial charge is 0.497 e. The summed E-state index contributed by atoms with van der Waals surface area (Å²) in [6.45, 7) is 5.85. The number of nitrogens with one attached hydrogen (secondary N) is 1. The molecule has 3 aromatic rings. The van der Waals surface area contributed by atoms with E-state index in [2.05, 4.69) is 9.71 Å². The van der Waals surface area contributed by atoms with Crippen LogP contribution in [0.2, 0.25) is 0 Å². The van der Waals surface area contributed by atoms with Gasteiger partial charge in [0.1, 0.15) is 11.5 Å². The maximum atomic E-state index is 13.4. The molecule has 0 unspecified atom stereocenters. The summed E-state index contributed by atoms with van der Waals surface area (Å²) in [5.74, 6) is 0.964. The van der Waals surface area contributed by atoms with Crippen molar-refractivity contribution in [3.05, 3.63) is 52.3 Å². The molecular weight excluding hydrogens is 408 g/mol. The molecule has 0 aliphatic heterocycles. The molecule has 1 heterocycles. The van der Waals surface area contributed by atoms with Gasteiger partial charge in [0, 0.05) is 17.0 Å². The summed E-state index contributed by atoms with van der Waals surface area (Å²) in [7, 11) is -0.866. The Morgan fingerprint density at radius 1 is 1.07 bits per heavy atom. The fourth-order valence-electron chi connectivity index (χ4n) is 2.99. The van der Waals surface area contributed by atoms with Crippen molar-refractivity contribution in [2.45, 2.75) is 31.6 Å². The number of ether oxygens (including phenoxy) is 2. The van der Waals surface area contributed by atoms with Crippen molar-refractivity contribution in [1.29, 1.82) is 0 Å². The van der Waals surface area contributed by atoms with Crippen LogP contribution in [-0.4, -0.2) is 27.6 Å². The van der Waals surface area contributed by atoms with Crippen LogP contribution in [0.25, 0.3) is 11.3 Å². The molecule has 6 nitrogen and oxygen atoms in total. The Hall–Kier alpha value is -2.58. The summed E-state index contributed by atoms with van der Waals surface area (Å²) in [5.41, 5.74) is 2.57. The van der Waals surface area contributed by atoms with Crippen molar-refractivity contribution < 1.29 is 17.9 Å². The van der Waals surface area contributed by atoms with Gasteiger partial charge in [-0.1, -0.05) is 26.0 Å². The molecule has 154 valence electrons. The Morgan fingerprint density at radius 3 is 2.41 bits per heavy atom. The highest BCUT2D eigenvalue weighted by molar-refractivity contribution is 7.92. The van der Waals surface area contributed by atoms with Crippen molar-refractivity contribution in [2.24, 2.45) is 0 Å². The predicted octanol–water partition coefficient (Wildman–Crippen LogP) is 5.06. The summed E-state index contributed by atoms with van der Waals surface area (Å²) >= 11 is 1.53. The number of benzene rings is 2. The fourth-order valence-corrected chi connectivity index (χ4v) is 5.07. The van der Waals surface area contributed by atoms with Crippen molar-refractivity contribution >= 4 is 27.0 Å².